The van der Waals surface area contributed by atoms with Gasteiger partial charge in [0.1, 0.15) is 11.2 Å². The van der Waals surface area contributed by atoms with Gasteiger partial charge in [-0.25, -0.2) is 0 Å². The van der Waals surface area contributed by atoms with Crippen molar-refractivity contribution in [2.24, 2.45) is 0 Å². The fraction of sp³-hybridized carbons (Fsp3) is 0.127. The standard InChI is InChI=1S/C54H41NO.CH4/c1-53(2)45-26-10-8-20-40(45)44-33-37(30-31-47(44)53)55(49-29-15-28-48-50(49)43-21-9-11-27-46(43)54(48,3)4)36-19-12-18-35(32-36)39-23-14-25-42-41-24-13-22-38(51(41)56-52(39)42)34-16-6-5-7-17-34;/h5-33H,1-4H3;1H4. The monoisotopic (exact) mass is 735 g/mol. The second kappa shape index (κ2) is 12.7. The number of hydrogen-bond acceptors (Lipinski definition) is 2. The molecule has 2 aliphatic rings. The van der Waals surface area contributed by atoms with Crippen LogP contribution in [-0.2, 0) is 10.8 Å². The van der Waals surface area contributed by atoms with Crippen LogP contribution in [0, 0.1) is 0 Å². The largest absolute Gasteiger partial charge is 0.455 e. The van der Waals surface area contributed by atoms with Crippen molar-refractivity contribution >= 4 is 39.0 Å². The molecular formula is C55H45NO. The molecule has 0 unspecified atom stereocenters. The molecule has 0 N–H and O–H groups in total. The predicted molar refractivity (Wildman–Crippen MR) is 241 cm³/mol. The highest BCUT2D eigenvalue weighted by atomic mass is 16.3. The van der Waals surface area contributed by atoms with E-state index in [0.717, 1.165) is 55.6 Å². The number of anilines is 3. The van der Waals surface area contributed by atoms with Crippen molar-refractivity contribution in [2.45, 2.75) is 46.0 Å². The van der Waals surface area contributed by atoms with Crippen molar-refractivity contribution < 1.29 is 4.42 Å². The van der Waals surface area contributed by atoms with Crippen LogP contribution in [0.3, 0.4) is 0 Å². The Morgan fingerprint density at radius 3 is 1.63 bits per heavy atom. The Morgan fingerprint density at radius 2 is 0.895 bits per heavy atom. The normalized spacial score (nSPS) is 14.1. The molecule has 0 spiro atoms. The maximum absolute atomic E-state index is 6.91. The fourth-order valence-corrected chi connectivity index (χ4v) is 9.90. The van der Waals surface area contributed by atoms with E-state index < -0.39 is 0 Å². The highest BCUT2D eigenvalue weighted by Gasteiger charge is 2.39. The molecule has 0 saturated carbocycles. The average Bonchev–Trinajstić information content (AvgIpc) is 3.82. The average molecular weight is 736 g/mol. The van der Waals surface area contributed by atoms with E-state index in [1.165, 1.54) is 50.2 Å². The van der Waals surface area contributed by atoms with E-state index in [-0.39, 0.29) is 18.3 Å². The third kappa shape index (κ3) is 5.03. The van der Waals surface area contributed by atoms with Crippen LogP contribution in [0.5, 0.6) is 0 Å². The lowest BCUT2D eigenvalue weighted by molar-refractivity contribution is 0.660. The zero-order valence-electron chi connectivity index (χ0n) is 32.1. The number of fused-ring (bicyclic) bond motifs is 9. The molecule has 2 nitrogen and oxygen atoms in total. The van der Waals surface area contributed by atoms with E-state index in [1.54, 1.807) is 0 Å². The summed E-state index contributed by atoms with van der Waals surface area (Å²) >= 11 is 0. The Balaban J connectivity index is 0.00000396. The van der Waals surface area contributed by atoms with Crippen LogP contribution in [0.1, 0.15) is 57.4 Å². The van der Waals surface area contributed by atoms with Crippen LogP contribution >= 0.6 is 0 Å². The van der Waals surface area contributed by atoms with E-state index in [2.05, 4.69) is 209 Å². The summed E-state index contributed by atoms with van der Waals surface area (Å²) in [5, 5.41) is 2.25. The molecule has 276 valence electrons. The van der Waals surface area contributed by atoms with Crippen molar-refractivity contribution in [2.75, 3.05) is 4.90 Å². The molecule has 0 radical (unpaired) electrons. The lowest BCUT2D eigenvalue weighted by Crippen LogP contribution is -2.16. The SMILES string of the molecule is C.CC1(C)c2ccccc2-c2cc(N(c3cccc(-c4cccc5c4oc4c(-c6ccccc6)cccc45)c3)c3cccc4c3-c3ccccc3C4(C)C)ccc21. The molecule has 2 heteroatoms. The summed E-state index contributed by atoms with van der Waals surface area (Å²) in [4.78, 5) is 2.49. The first kappa shape index (κ1) is 34.8. The molecule has 11 rings (SSSR count). The first-order valence-electron chi connectivity index (χ1n) is 19.7. The van der Waals surface area contributed by atoms with Gasteiger partial charge in [-0.15, -0.1) is 0 Å². The number of hydrogen-bond donors (Lipinski definition) is 0. The first-order chi connectivity index (χ1) is 27.3. The molecule has 1 aromatic heterocycles. The maximum atomic E-state index is 6.91. The van der Waals surface area contributed by atoms with Gasteiger partial charge in [0.25, 0.3) is 0 Å². The topological polar surface area (TPSA) is 16.4 Å². The van der Waals surface area contributed by atoms with Crippen LogP contribution < -0.4 is 4.90 Å². The number of rotatable bonds is 5. The highest BCUT2D eigenvalue weighted by molar-refractivity contribution is 6.13. The Bertz CT molecular complexity index is 3030. The number of furan rings is 1. The van der Waals surface area contributed by atoms with Crippen molar-refractivity contribution in [3.8, 4) is 44.5 Å². The minimum absolute atomic E-state index is 0. The molecule has 0 fully saturated rings. The Hall–Kier alpha value is -6.64. The van der Waals surface area contributed by atoms with Gasteiger partial charge in [0.05, 0.1) is 5.69 Å². The third-order valence-electron chi connectivity index (χ3n) is 12.7. The summed E-state index contributed by atoms with van der Waals surface area (Å²) in [6, 6.07) is 64.4. The van der Waals surface area contributed by atoms with E-state index >= 15 is 0 Å². The molecule has 8 aromatic carbocycles. The second-order valence-corrected chi connectivity index (χ2v) is 16.5. The van der Waals surface area contributed by atoms with Gasteiger partial charge in [-0.3, -0.25) is 0 Å². The molecule has 57 heavy (non-hydrogen) atoms. The van der Waals surface area contributed by atoms with E-state index in [4.69, 9.17) is 4.42 Å². The zero-order chi connectivity index (χ0) is 37.8. The molecule has 0 atom stereocenters. The van der Waals surface area contributed by atoms with Crippen LogP contribution in [0.25, 0.3) is 66.4 Å². The number of nitrogens with zero attached hydrogens (tertiary/aromatic N) is 1. The van der Waals surface area contributed by atoms with Crippen molar-refractivity contribution in [1.29, 1.82) is 0 Å². The molecule has 0 amide bonds. The van der Waals surface area contributed by atoms with Crippen LogP contribution in [-0.4, -0.2) is 0 Å². The van der Waals surface area contributed by atoms with E-state index in [1.807, 2.05) is 0 Å². The van der Waals surface area contributed by atoms with Crippen molar-refractivity contribution in [3.63, 3.8) is 0 Å². The van der Waals surface area contributed by atoms with Crippen molar-refractivity contribution in [1.82, 2.24) is 0 Å². The quantitative estimate of drug-likeness (QED) is 0.175. The van der Waals surface area contributed by atoms with Crippen LogP contribution in [0.2, 0.25) is 0 Å². The molecule has 1 heterocycles. The molecule has 0 saturated heterocycles. The van der Waals surface area contributed by atoms with Gasteiger partial charge in [-0.05, 0) is 80.4 Å². The van der Waals surface area contributed by atoms with Crippen molar-refractivity contribution in [3.05, 3.63) is 198 Å². The molecule has 9 aromatic rings. The van der Waals surface area contributed by atoms with Gasteiger partial charge < -0.3 is 9.32 Å². The van der Waals surface area contributed by atoms with Gasteiger partial charge in [-0.1, -0.05) is 181 Å². The van der Waals surface area contributed by atoms with Crippen LogP contribution in [0.4, 0.5) is 17.1 Å². The van der Waals surface area contributed by atoms with Gasteiger partial charge in [0.2, 0.25) is 0 Å². The smallest absolute Gasteiger partial charge is 0.143 e. The summed E-state index contributed by atoms with van der Waals surface area (Å²) in [6.07, 6.45) is 0. The minimum atomic E-state index is -0.119. The first-order valence-corrected chi connectivity index (χ1v) is 19.7. The summed E-state index contributed by atoms with van der Waals surface area (Å²) < 4.78 is 6.91. The Morgan fingerprint density at radius 1 is 0.386 bits per heavy atom. The van der Waals surface area contributed by atoms with Gasteiger partial charge >= 0.3 is 0 Å². The molecular weight excluding hydrogens is 691 g/mol. The maximum Gasteiger partial charge on any atom is 0.143 e. The second-order valence-electron chi connectivity index (χ2n) is 16.5. The minimum Gasteiger partial charge on any atom is -0.455 e. The summed E-state index contributed by atoms with van der Waals surface area (Å²) in [7, 11) is 0. The van der Waals surface area contributed by atoms with Gasteiger partial charge in [-0.2, -0.15) is 0 Å². The summed E-state index contributed by atoms with van der Waals surface area (Å²) in [6.45, 7) is 9.42. The van der Waals surface area contributed by atoms with Crippen LogP contribution in [0.15, 0.2) is 180 Å². The molecule has 0 bridgehead atoms. The Kier molecular flexibility index (Phi) is 7.76. The summed E-state index contributed by atoms with van der Waals surface area (Å²) in [5.41, 5.74) is 20.2. The highest BCUT2D eigenvalue weighted by Crippen LogP contribution is 2.56. The third-order valence-corrected chi connectivity index (χ3v) is 12.7. The number of benzene rings is 8. The zero-order valence-corrected chi connectivity index (χ0v) is 32.1. The summed E-state index contributed by atoms with van der Waals surface area (Å²) in [5.74, 6) is 0. The lowest BCUT2D eigenvalue weighted by Gasteiger charge is -2.30. The Labute approximate surface area is 335 Å². The fourth-order valence-electron chi connectivity index (χ4n) is 9.90. The van der Waals surface area contributed by atoms with E-state index in [0.29, 0.717) is 0 Å². The van der Waals surface area contributed by atoms with Gasteiger partial charge in [0, 0.05) is 49.7 Å². The van der Waals surface area contributed by atoms with E-state index in [9.17, 15) is 0 Å². The van der Waals surface area contributed by atoms with Gasteiger partial charge in [0.15, 0.2) is 0 Å². The number of para-hydroxylation sites is 2. The molecule has 2 aliphatic carbocycles. The lowest BCUT2D eigenvalue weighted by atomic mass is 9.82. The molecule has 0 aliphatic heterocycles. The predicted octanol–water partition coefficient (Wildman–Crippen LogP) is 15.6.